The molecule has 3 heteroatoms. The zero-order valence-electron chi connectivity index (χ0n) is 7.94. The summed E-state index contributed by atoms with van der Waals surface area (Å²) in [4.78, 5) is 2.08. The van der Waals surface area contributed by atoms with E-state index in [9.17, 15) is 0 Å². The van der Waals surface area contributed by atoms with Crippen LogP contribution < -0.4 is 0 Å². The monoisotopic (exact) mass is 201 g/mol. The van der Waals surface area contributed by atoms with Gasteiger partial charge in [-0.3, -0.25) is 5.41 Å². The fraction of sp³-hybridized carbons (Fsp3) is 0.875. The quantitative estimate of drug-likeness (QED) is 0.537. The zero-order chi connectivity index (χ0) is 8.31. The van der Waals surface area contributed by atoms with Crippen molar-refractivity contribution in [1.29, 1.82) is 5.41 Å². The Balaban J connectivity index is 0. The maximum atomic E-state index is 7.44. The van der Waals surface area contributed by atoms with E-state index in [4.69, 9.17) is 5.41 Å². The molecule has 2 nitrogen and oxygen atoms in total. The van der Waals surface area contributed by atoms with Crippen molar-refractivity contribution >= 4 is 5.84 Å². The van der Waals surface area contributed by atoms with Crippen molar-refractivity contribution in [3.8, 4) is 0 Å². The first-order valence-electron chi connectivity index (χ1n) is 3.80. The van der Waals surface area contributed by atoms with E-state index in [0.717, 1.165) is 0 Å². The van der Waals surface area contributed by atoms with Crippen molar-refractivity contribution in [2.45, 2.75) is 46.7 Å². The van der Waals surface area contributed by atoms with Gasteiger partial charge in [0, 0.05) is 28.9 Å². The smallest absolute Gasteiger partial charge is 0.0930 e. The number of amidine groups is 1. The molecule has 0 saturated carbocycles. The zero-order valence-corrected chi connectivity index (χ0v) is 8.98. The summed E-state index contributed by atoms with van der Waals surface area (Å²) in [6, 6.07) is 0.884. The number of nitrogens with one attached hydrogen (secondary N) is 1. The van der Waals surface area contributed by atoms with Crippen LogP contribution in [0.2, 0.25) is 0 Å². The molecule has 0 aliphatic rings. The largest absolute Gasteiger partial charge is 0.356 e. The second-order valence-corrected chi connectivity index (χ2v) is 3.18. The first kappa shape index (κ1) is 13.6. The van der Waals surface area contributed by atoms with E-state index in [2.05, 4.69) is 32.6 Å². The van der Waals surface area contributed by atoms with Crippen LogP contribution in [0.4, 0.5) is 0 Å². The Bertz CT molecular complexity index is 113. The van der Waals surface area contributed by atoms with Gasteiger partial charge >= 0.3 is 0 Å². The van der Waals surface area contributed by atoms with E-state index in [1.165, 1.54) is 0 Å². The Morgan fingerprint density at radius 1 is 1.09 bits per heavy atom. The molecule has 11 heavy (non-hydrogen) atoms. The molecule has 0 aromatic heterocycles. The summed E-state index contributed by atoms with van der Waals surface area (Å²) in [5.74, 6) is 0.657. The summed E-state index contributed by atoms with van der Waals surface area (Å²) >= 11 is 0. The maximum Gasteiger partial charge on any atom is 0.0930 e. The number of hydrogen-bond acceptors (Lipinski definition) is 1. The van der Waals surface area contributed by atoms with Gasteiger partial charge < -0.3 is 4.90 Å². The van der Waals surface area contributed by atoms with Crippen molar-refractivity contribution in [2.75, 3.05) is 0 Å². The van der Waals surface area contributed by atoms with E-state index >= 15 is 0 Å². The average Bonchev–Trinajstić information content (AvgIpc) is 1.59. The van der Waals surface area contributed by atoms with Crippen LogP contribution in [0.1, 0.15) is 34.6 Å². The topological polar surface area (TPSA) is 27.1 Å². The molecule has 0 atom stereocenters. The van der Waals surface area contributed by atoms with Crippen LogP contribution in [-0.4, -0.2) is 22.8 Å². The third-order valence-electron chi connectivity index (χ3n) is 1.50. The maximum absolute atomic E-state index is 7.44. The van der Waals surface area contributed by atoms with Crippen molar-refractivity contribution in [3.05, 3.63) is 0 Å². The normalized spacial score (nSPS) is 9.73. The molecule has 1 radical (unpaired) electrons. The van der Waals surface area contributed by atoms with Crippen LogP contribution in [0, 0.1) is 5.41 Å². The van der Waals surface area contributed by atoms with Gasteiger partial charge in [-0.25, -0.2) is 0 Å². The number of nitrogens with zero attached hydrogens (tertiary/aromatic N) is 1. The van der Waals surface area contributed by atoms with Gasteiger partial charge in [-0.05, 0) is 34.6 Å². The van der Waals surface area contributed by atoms with E-state index in [1.807, 2.05) is 6.92 Å². The molecular weight excluding hydrogens is 183 g/mol. The molecule has 0 aromatic carbocycles. The fourth-order valence-corrected chi connectivity index (χ4v) is 1.37. The molecule has 0 aliphatic carbocycles. The molecule has 0 saturated heterocycles. The molecule has 0 rings (SSSR count). The Morgan fingerprint density at radius 2 is 1.36 bits per heavy atom. The van der Waals surface area contributed by atoms with Gasteiger partial charge in [-0.1, -0.05) is 0 Å². The first-order valence-corrected chi connectivity index (χ1v) is 3.80. The molecule has 0 bridgehead atoms. The van der Waals surface area contributed by atoms with Crippen molar-refractivity contribution < 1.29 is 16.8 Å². The average molecular weight is 201 g/mol. The molecule has 69 valence electrons. The molecule has 1 N–H and O–H groups in total. The van der Waals surface area contributed by atoms with E-state index in [0.29, 0.717) is 17.9 Å². The molecule has 0 aromatic rings. The minimum Gasteiger partial charge on any atom is -0.356 e. The minimum atomic E-state index is 0. The van der Waals surface area contributed by atoms with Gasteiger partial charge in [0.1, 0.15) is 0 Å². The Labute approximate surface area is 80.1 Å². The van der Waals surface area contributed by atoms with Crippen LogP contribution in [0.3, 0.4) is 0 Å². The molecule has 0 spiro atoms. The Morgan fingerprint density at radius 3 is 1.36 bits per heavy atom. The Kier molecular flexibility index (Phi) is 6.91. The van der Waals surface area contributed by atoms with Crippen LogP contribution in [0.5, 0.6) is 0 Å². The molecule has 0 unspecified atom stereocenters. The summed E-state index contributed by atoms with van der Waals surface area (Å²) in [6.07, 6.45) is 0. The van der Waals surface area contributed by atoms with E-state index in [1.54, 1.807) is 0 Å². The second-order valence-electron chi connectivity index (χ2n) is 3.18. The summed E-state index contributed by atoms with van der Waals surface area (Å²) in [5, 5.41) is 7.44. The van der Waals surface area contributed by atoms with Gasteiger partial charge in [0.05, 0.1) is 5.84 Å². The standard InChI is InChI=1S/C8H18N2.Co/c1-6(2)10(7(3)4)8(5)9;/h6-7,9H,1-5H3;. The number of rotatable bonds is 2. The predicted octanol–water partition coefficient (Wildman–Crippen LogP) is 2.10. The molecule has 0 heterocycles. The van der Waals surface area contributed by atoms with Gasteiger partial charge in [-0.15, -0.1) is 0 Å². The Hall–Kier alpha value is -0.0235. The SMILES string of the molecule is CC(=N)N(C(C)C)C(C)C.[Co]. The molecule has 0 fully saturated rings. The number of hydrogen-bond donors (Lipinski definition) is 1. The molecule has 0 aliphatic heterocycles. The van der Waals surface area contributed by atoms with Crippen LogP contribution in [-0.2, 0) is 16.8 Å². The van der Waals surface area contributed by atoms with Gasteiger partial charge in [0.15, 0.2) is 0 Å². The van der Waals surface area contributed by atoms with Gasteiger partial charge in [0.2, 0.25) is 0 Å². The summed E-state index contributed by atoms with van der Waals surface area (Å²) in [6.45, 7) is 10.3. The molecule has 0 amide bonds. The van der Waals surface area contributed by atoms with Crippen LogP contribution >= 0.6 is 0 Å². The summed E-state index contributed by atoms with van der Waals surface area (Å²) in [7, 11) is 0. The van der Waals surface area contributed by atoms with Gasteiger partial charge in [-0.2, -0.15) is 0 Å². The third kappa shape index (κ3) is 4.43. The fourth-order valence-electron chi connectivity index (χ4n) is 1.37. The van der Waals surface area contributed by atoms with Crippen LogP contribution in [0.15, 0.2) is 0 Å². The predicted molar refractivity (Wildman–Crippen MR) is 45.5 cm³/mol. The van der Waals surface area contributed by atoms with Gasteiger partial charge in [0.25, 0.3) is 0 Å². The van der Waals surface area contributed by atoms with Crippen LogP contribution in [0.25, 0.3) is 0 Å². The third-order valence-corrected chi connectivity index (χ3v) is 1.50. The van der Waals surface area contributed by atoms with Crippen molar-refractivity contribution in [2.24, 2.45) is 0 Å². The molecular formula is C8H18CoN2. The second kappa shape index (κ2) is 5.60. The van der Waals surface area contributed by atoms with Crippen molar-refractivity contribution in [3.63, 3.8) is 0 Å². The van der Waals surface area contributed by atoms with E-state index < -0.39 is 0 Å². The first-order chi connectivity index (χ1) is 4.46. The summed E-state index contributed by atoms with van der Waals surface area (Å²) < 4.78 is 0. The van der Waals surface area contributed by atoms with Crippen molar-refractivity contribution in [1.82, 2.24) is 4.90 Å². The van der Waals surface area contributed by atoms with E-state index in [-0.39, 0.29) is 16.8 Å². The minimum absolute atomic E-state index is 0. The summed E-state index contributed by atoms with van der Waals surface area (Å²) in [5.41, 5.74) is 0.